The summed E-state index contributed by atoms with van der Waals surface area (Å²) in [6.07, 6.45) is 0. The zero-order valence-corrected chi connectivity index (χ0v) is 17.7. The van der Waals surface area contributed by atoms with Crippen molar-refractivity contribution >= 4 is 29.9 Å². The minimum atomic E-state index is -0.436. The molecule has 0 aliphatic carbocycles. The predicted molar refractivity (Wildman–Crippen MR) is 108 cm³/mol. The third-order valence-corrected chi connectivity index (χ3v) is 6.50. The van der Waals surface area contributed by atoms with Crippen LogP contribution >= 0.6 is 11.6 Å². The number of hydrogen-bond acceptors (Lipinski definition) is 5. The van der Waals surface area contributed by atoms with Crippen LogP contribution in [0.2, 0.25) is 5.02 Å². The Morgan fingerprint density at radius 3 is 2.12 bits per heavy atom. The number of benzene rings is 1. The fourth-order valence-corrected chi connectivity index (χ4v) is 3.70. The van der Waals surface area contributed by atoms with E-state index < -0.39 is 7.12 Å². The number of piperazine rings is 1. The molecule has 0 amide bonds. The molecular formula is C19H30BClN2O3. The second-order valence-corrected chi connectivity index (χ2v) is 8.71. The third kappa shape index (κ3) is 3.33. The first-order chi connectivity index (χ1) is 12.1. The molecule has 0 radical (unpaired) electrons. The van der Waals surface area contributed by atoms with Crippen molar-refractivity contribution in [1.82, 2.24) is 4.90 Å². The van der Waals surface area contributed by atoms with Crippen molar-refractivity contribution in [1.29, 1.82) is 0 Å². The molecule has 2 aliphatic heterocycles. The Hall–Kier alpha value is -0.945. The highest BCUT2D eigenvalue weighted by Crippen LogP contribution is 2.41. The van der Waals surface area contributed by atoms with Crippen LogP contribution in [0, 0.1) is 6.92 Å². The van der Waals surface area contributed by atoms with Crippen LogP contribution < -0.4 is 15.1 Å². The molecule has 26 heavy (non-hydrogen) atoms. The number of ether oxygens (including phenoxy) is 1. The maximum atomic E-state index is 6.70. The molecule has 0 spiro atoms. The van der Waals surface area contributed by atoms with Gasteiger partial charge in [-0.25, -0.2) is 0 Å². The average molecular weight is 381 g/mol. The van der Waals surface area contributed by atoms with Gasteiger partial charge in [-0.05, 0) is 58.8 Å². The molecule has 0 bridgehead atoms. The zero-order chi connectivity index (χ0) is 19.3. The summed E-state index contributed by atoms with van der Waals surface area (Å²) in [6.45, 7) is 14.2. The second-order valence-electron chi connectivity index (χ2n) is 8.34. The number of methoxy groups -OCH3 is 1. The van der Waals surface area contributed by atoms with Crippen LogP contribution in [0.4, 0.5) is 5.69 Å². The lowest BCUT2D eigenvalue weighted by Gasteiger charge is -2.35. The van der Waals surface area contributed by atoms with Gasteiger partial charge < -0.3 is 23.8 Å². The Labute approximate surface area is 162 Å². The molecule has 5 nitrogen and oxygen atoms in total. The first-order valence-corrected chi connectivity index (χ1v) is 9.61. The maximum absolute atomic E-state index is 6.70. The molecule has 0 saturated carbocycles. The van der Waals surface area contributed by atoms with Crippen molar-refractivity contribution in [3.63, 3.8) is 0 Å². The molecule has 2 fully saturated rings. The maximum Gasteiger partial charge on any atom is 0.495 e. The lowest BCUT2D eigenvalue weighted by atomic mass is 9.75. The summed E-state index contributed by atoms with van der Waals surface area (Å²) in [5.41, 5.74) is 2.17. The monoisotopic (exact) mass is 380 g/mol. The minimum Gasteiger partial charge on any atom is -0.493 e. The minimum absolute atomic E-state index is 0.384. The summed E-state index contributed by atoms with van der Waals surface area (Å²) < 4.78 is 18.2. The standard InChI is InChI=1S/C19H30BClN2O3/c1-13-14(20-25-18(2,3)19(4,5)26-20)12-15(17(24-7)16(13)21)23-10-8-22(6)9-11-23/h12H,8-11H2,1-7H3. The lowest BCUT2D eigenvalue weighted by Crippen LogP contribution is -2.45. The Balaban J connectivity index is 2.02. The Kier molecular flexibility index (Phi) is 5.25. The normalized spacial score (nSPS) is 22.8. The Bertz CT molecular complexity index is 672. The molecule has 144 valence electrons. The molecule has 1 aromatic carbocycles. The van der Waals surface area contributed by atoms with E-state index in [9.17, 15) is 0 Å². The zero-order valence-electron chi connectivity index (χ0n) is 17.0. The number of hydrogen-bond donors (Lipinski definition) is 0. The van der Waals surface area contributed by atoms with Gasteiger partial charge in [0.1, 0.15) is 0 Å². The second kappa shape index (κ2) is 6.90. The summed E-state index contributed by atoms with van der Waals surface area (Å²) in [4.78, 5) is 4.66. The largest absolute Gasteiger partial charge is 0.495 e. The molecule has 2 heterocycles. The van der Waals surface area contributed by atoms with Crippen LogP contribution in [0.5, 0.6) is 5.75 Å². The van der Waals surface area contributed by atoms with Crippen LogP contribution in [-0.2, 0) is 9.31 Å². The summed E-state index contributed by atoms with van der Waals surface area (Å²) in [5, 5.41) is 0.633. The van der Waals surface area contributed by atoms with Gasteiger partial charge in [0.25, 0.3) is 0 Å². The van der Waals surface area contributed by atoms with Crippen molar-refractivity contribution in [3.05, 3.63) is 16.7 Å². The van der Waals surface area contributed by atoms with Gasteiger partial charge in [0.2, 0.25) is 0 Å². The fraction of sp³-hybridized carbons (Fsp3) is 0.684. The molecule has 0 N–H and O–H groups in total. The van der Waals surface area contributed by atoms with Gasteiger partial charge in [0.15, 0.2) is 5.75 Å². The molecule has 7 heteroatoms. The van der Waals surface area contributed by atoms with E-state index in [1.165, 1.54) is 0 Å². The third-order valence-electron chi connectivity index (χ3n) is 6.04. The highest BCUT2D eigenvalue weighted by Gasteiger charge is 2.52. The number of likely N-dealkylation sites (N-methyl/N-ethyl adjacent to an activating group) is 1. The number of halogens is 1. The molecule has 1 aromatic rings. The van der Waals surface area contributed by atoms with Crippen LogP contribution in [0.1, 0.15) is 33.3 Å². The van der Waals surface area contributed by atoms with Crippen molar-refractivity contribution < 1.29 is 14.0 Å². The van der Waals surface area contributed by atoms with Gasteiger partial charge in [-0.15, -0.1) is 0 Å². The SMILES string of the molecule is COc1c(N2CCN(C)CC2)cc(B2OC(C)(C)C(C)(C)O2)c(C)c1Cl. The van der Waals surface area contributed by atoms with E-state index >= 15 is 0 Å². The molecule has 0 unspecified atom stereocenters. The molecular weight excluding hydrogens is 350 g/mol. The summed E-state index contributed by atoms with van der Waals surface area (Å²) >= 11 is 6.70. The van der Waals surface area contributed by atoms with Gasteiger partial charge in [-0.2, -0.15) is 0 Å². The van der Waals surface area contributed by atoms with Gasteiger partial charge in [-0.1, -0.05) is 11.6 Å². The smallest absolute Gasteiger partial charge is 0.493 e. The van der Waals surface area contributed by atoms with Crippen LogP contribution in [0.3, 0.4) is 0 Å². The predicted octanol–water partition coefficient (Wildman–Crippen LogP) is 2.71. The summed E-state index contributed by atoms with van der Waals surface area (Å²) in [6, 6.07) is 2.13. The number of nitrogens with zero attached hydrogens (tertiary/aromatic N) is 2. The highest BCUT2D eigenvalue weighted by atomic mass is 35.5. The number of anilines is 1. The van der Waals surface area contributed by atoms with Crippen LogP contribution in [0.25, 0.3) is 0 Å². The highest BCUT2D eigenvalue weighted by molar-refractivity contribution is 6.63. The van der Waals surface area contributed by atoms with Crippen molar-refractivity contribution in [2.75, 3.05) is 45.2 Å². The van der Waals surface area contributed by atoms with E-state index in [1.54, 1.807) is 7.11 Å². The van der Waals surface area contributed by atoms with Gasteiger partial charge in [0.05, 0.1) is 29.0 Å². The van der Waals surface area contributed by atoms with E-state index in [2.05, 4.69) is 50.6 Å². The van der Waals surface area contributed by atoms with E-state index in [-0.39, 0.29) is 11.2 Å². The molecule has 0 atom stereocenters. The van der Waals surface area contributed by atoms with Crippen molar-refractivity contribution in [2.24, 2.45) is 0 Å². The first kappa shape index (κ1) is 19.8. The Morgan fingerprint density at radius 1 is 1.08 bits per heavy atom. The van der Waals surface area contributed by atoms with E-state index in [0.29, 0.717) is 5.02 Å². The molecule has 2 aliphatic rings. The molecule has 2 saturated heterocycles. The van der Waals surface area contributed by atoms with Crippen LogP contribution in [0.15, 0.2) is 6.07 Å². The van der Waals surface area contributed by atoms with Gasteiger partial charge >= 0.3 is 7.12 Å². The topological polar surface area (TPSA) is 34.2 Å². The average Bonchev–Trinajstić information content (AvgIpc) is 2.78. The number of rotatable bonds is 3. The van der Waals surface area contributed by atoms with E-state index in [1.807, 2.05) is 6.92 Å². The fourth-order valence-electron chi connectivity index (χ4n) is 3.42. The van der Waals surface area contributed by atoms with E-state index in [4.69, 9.17) is 25.6 Å². The quantitative estimate of drug-likeness (QED) is 0.753. The van der Waals surface area contributed by atoms with Crippen molar-refractivity contribution in [3.8, 4) is 5.75 Å². The first-order valence-electron chi connectivity index (χ1n) is 9.23. The summed E-state index contributed by atoms with van der Waals surface area (Å²) in [7, 11) is 3.39. The summed E-state index contributed by atoms with van der Waals surface area (Å²) in [5.74, 6) is 0.731. The molecule has 3 rings (SSSR count). The van der Waals surface area contributed by atoms with Crippen LogP contribution in [-0.4, -0.2) is 63.6 Å². The van der Waals surface area contributed by atoms with E-state index in [0.717, 1.165) is 48.6 Å². The molecule has 0 aromatic heterocycles. The van der Waals surface area contributed by atoms with Crippen molar-refractivity contribution in [2.45, 2.75) is 45.8 Å². The van der Waals surface area contributed by atoms with Gasteiger partial charge in [0, 0.05) is 26.2 Å². The lowest BCUT2D eigenvalue weighted by molar-refractivity contribution is 0.00578. The Morgan fingerprint density at radius 2 is 1.62 bits per heavy atom. The van der Waals surface area contributed by atoms with Gasteiger partial charge in [-0.3, -0.25) is 0 Å².